The summed E-state index contributed by atoms with van der Waals surface area (Å²) in [6.45, 7) is 1.38. The van der Waals surface area contributed by atoms with E-state index >= 15 is 0 Å². The summed E-state index contributed by atoms with van der Waals surface area (Å²) in [4.78, 5) is 43.1. The lowest BCUT2D eigenvalue weighted by Gasteiger charge is -2.21. The summed E-state index contributed by atoms with van der Waals surface area (Å²) in [5, 5.41) is 16.0. The maximum Gasteiger partial charge on any atom is 0.416 e. The number of amides is 2. The van der Waals surface area contributed by atoms with E-state index in [0.717, 1.165) is 22.1 Å². The molecule has 0 aliphatic rings. The largest absolute Gasteiger partial charge is 0.497 e. The smallest absolute Gasteiger partial charge is 0.416 e. The second-order valence-electron chi connectivity index (χ2n) is 10.9. The van der Waals surface area contributed by atoms with Crippen molar-refractivity contribution in [1.82, 2.24) is 15.0 Å². The van der Waals surface area contributed by atoms with Crippen molar-refractivity contribution in [3.05, 3.63) is 119 Å². The van der Waals surface area contributed by atoms with Gasteiger partial charge in [0, 0.05) is 28.9 Å². The van der Waals surface area contributed by atoms with Crippen LogP contribution in [0.5, 0.6) is 5.75 Å². The van der Waals surface area contributed by atoms with Gasteiger partial charge in [0.05, 0.1) is 19.1 Å². The molecule has 5 rings (SSSR count). The molecule has 0 radical (unpaired) electrons. The van der Waals surface area contributed by atoms with E-state index in [9.17, 15) is 32.7 Å². The molecule has 1 heterocycles. The molecule has 13 heteroatoms. The second-order valence-corrected chi connectivity index (χ2v) is 10.9. The number of halogens is 3. The maximum atomic E-state index is 13.5. The number of hydrogen-bond acceptors (Lipinski definition) is 7. The average molecular weight is 659 g/mol. The highest BCUT2D eigenvalue weighted by Gasteiger charge is 2.34. The molecule has 10 nitrogen and oxygen atoms in total. The predicted octanol–water partition coefficient (Wildman–Crippen LogP) is 6.65. The summed E-state index contributed by atoms with van der Waals surface area (Å²) in [7, 11) is 1.25. The van der Waals surface area contributed by atoms with E-state index in [-0.39, 0.29) is 29.1 Å². The molecule has 0 spiro atoms. The Hall–Kier alpha value is -5.98. The normalized spacial score (nSPS) is 11.2. The van der Waals surface area contributed by atoms with E-state index in [4.69, 9.17) is 9.26 Å². The molecule has 2 N–H and O–H groups in total. The van der Waals surface area contributed by atoms with Crippen molar-refractivity contribution < 1.29 is 41.9 Å². The van der Waals surface area contributed by atoms with Crippen LogP contribution in [0.15, 0.2) is 95.5 Å². The van der Waals surface area contributed by atoms with Crippen LogP contribution >= 0.6 is 0 Å². The third-order valence-electron chi connectivity index (χ3n) is 7.31. The molecule has 1 aromatic heterocycles. The zero-order valence-electron chi connectivity index (χ0n) is 25.7. The van der Waals surface area contributed by atoms with Crippen LogP contribution in [-0.4, -0.2) is 51.6 Å². The van der Waals surface area contributed by atoms with E-state index < -0.39 is 42.5 Å². The van der Waals surface area contributed by atoms with Crippen molar-refractivity contribution in [2.24, 2.45) is 0 Å². The Kier molecular flexibility index (Phi) is 9.88. The number of carboxylic acids is 1. The minimum absolute atomic E-state index is 0.0112. The Morgan fingerprint density at radius 3 is 2.21 bits per heavy atom. The third-order valence-corrected chi connectivity index (χ3v) is 7.31. The van der Waals surface area contributed by atoms with Crippen molar-refractivity contribution in [2.45, 2.75) is 26.1 Å². The van der Waals surface area contributed by atoms with Crippen LogP contribution < -0.4 is 10.1 Å². The first-order valence-corrected chi connectivity index (χ1v) is 14.5. The fraction of sp³-hybridized carbons (Fsp3) is 0.171. The number of carboxylic acid groups (broad SMARTS) is 1. The lowest BCUT2D eigenvalue weighted by molar-refractivity contribution is -0.139. The second kappa shape index (κ2) is 14.2. The highest BCUT2D eigenvalue weighted by atomic mass is 19.4. The Morgan fingerprint density at radius 1 is 0.917 bits per heavy atom. The molecule has 48 heavy (non-hydrogen) atoms. The van der Waals surface area contributed by atoms with Gasteiger partial charge in [0.25, 0.3) is 11.8 Å². The molecule has 0 saturated heterocycles. The number of aromatic nitrogens is 2. The van der Waals surface area contributed by atoms with Gasteiger partial charge in [-0.3, -0.25) is 14.4 Å². The summed E-state index contributed by atoms with van der Waals surface area (Å²) < 4.78 is 50.9. The number of aryl methyl sites for hydroxylation is 1. The van der Waals surface area contributed by atoms with Crippen molar-refractivity contribution in [3.63, 3.8) is 0 Å². The first-order valence-electron chi connectivity index (χ1n) is 14.5. The molecule has 5 aromatic rings. The van der Waals surface area contributed by atoms with Gasteiger partial charge in [0.1, 0.15) is 12.3 Å². The van der Waals surface area contributed by atoms with Crippen LogP contribution in [0.3, 0.4) is 0 Å². The third kappa shape index (κ3) is 8.23. The van der Waals surface area contributed by atoms with E-state index in [2.05, 4.69) is 15.5 Å². The van der Waals surface area contributed by atoms with Gasteiger partial charge >= 0.3 is 12.1 Å². The minimum Gasteiger partial charge on any atom is -0.497 e. The monoisotopic (exact) mass is 658 g/mol. The fourth-order valence-electron chi connectivity index (χ4n) is 4.85. The van der Waals surface area contributed by atoms with E-state index in [1.807, 2.05) is 31.2 Å². The maximum absolute atomic E-state index is 13.5. The van der Waals surface area contributed by atoms with Crippen molar-refractivity contribution >= 4 is 23.5 Å². The Morgan fingerprint density at radius 2 is 1.58 bits per heavy atom. The first kappa shape index (κ1) is 33.4. The van der Waals surface area contributed by atoms with Crippen LogP contribution in [0.1, 0.15) is 32.6 Å². The van der Waals surface area contributed by atoms with Crippen molar-refractivity contribution in [1.29, 1.82) is 0 Å². The number of benzene rings is 4. The van der Waals surface area contributed by atoms with Gasteiger partial charge < -0.3 is 24.6 Å². The summed E-state index contributed by atoms with van der Waals surface area (Å²) in [6.07, 6.45) is -5.23. The SMILES string of the molecule is COc1ccc(CC(=O)Nc2ccc(C(=O)N(CC(=O)O)Cc3ccc(-c4nc(-c5ccc(C)cc5)no4)cc3)cc2)c(C(F)(F)F)c1. The number of rotatable bonds is 11. The molecule has 0 bridgehead atoms. The van der Waals surface area contributed by atoms with E-state index in [1.165, 1.54) is 43.5 Å². The summed E-state index contributed by atoms with van der Waals surface area (Å²) >= 11 is 0. The van der Waals surface area contributed by atoms with E-state index in [1.54, 1.807) is 24.3 Å². The van der Waals surface area contributed by atoms with Crippen LogP contribution in [0.25, 0.3) is 22.8 Å². The highest BCUT2D eigenvalue weighted by Crippen LogP contribution is 2.35. The number of alkyl halides is 3. The number of anilines is 1. The van der Waals surface area contributed by atoms with Crippen LogP contribution in [0.2, 0.25) is 0 Å². The molecule has 0 unspecified atom stereocenters. The number of hydrogen-bond donors (Lipinski definition) is 2. The number of nitrogens with one attached hydrogen (secondary N) is 1. The molecule has 2 amide bonds. The summed E-state index contributed by atoms with van der Waals surface area (Å²) in [6, 6.07) is 23.5. The van der Waals surface area contributed by atoms with Crippen LogP contribution in [0, 0.1) is 6.92 Å². The van der Waals surface area contributed by atoms with Gasteiger partial charge in [-0.15, -0.1) is 0 Å². The molecule has 246 valence electrons. The van der Waals surface area contributed by atoms with Gasteiger partial charge in [-0.25, -0.2) is 0 Å². The Bertz CT molecular complexity index is 1920. The molecule has 4 aromatic carbocycles. The highest BCUT2D eigenvalue weighted by molar-refractivity contribution is 5.97. The lowest BCUT2D eigenvalue weighted by Crippen LogP contribution is -2.35. The minimum atomic E-state index is -4.68. The van der Waals surface area contributed by atoms with Gasteiger partial charge in [-0.2, -0.15) is 18.2 Å². The van der Waals surface area contributed by atoms with Crippen LogP contribution in [0.4, 0.5) is 18.9 Å². The van der Waals surface area contributed by atoms with Gasteiger partial charge in [0.2, 0.25) is 11.7 Å². The standard InChI is InChI=1S/C35H29F3N4O6/c1-21-3-7-23(8-4-21)32-40-33(48-41-32)24-9-5-22(6-10-24)19-42(20-31(44)45)34(46)25-11-14-27(15-12-25)39-30(43)17-26-13-16-28(47-2)18-29(26)35(36,37)38/h3-16,18H,17,19-20H2,1-2H3,(H,39,43)(H,44,45). The zero-order valence-corrected chi connectivity index (χ0v) is 25.7. The fourth-order valence-corrected chi connectivity index (χ4v) is 4.85. The first-order chi connectivity index (χ1) is 22.9. The molecular weight excluding hydrogens is 629 g/mol. The molecule has 0 atom stereocenters. The molecule has 0 aliphatic carbocycles. The number of methoxy groups -OCH3 is 1. The van der Waals surface area contributed by atoms with Gasteiger partial charge in [-0.05, 0) is 66.6 Å². The Balaban J connectivity index is 1.24. The number of carbonyl (C=O) groups excluding carboxylic acids is 2. The molecule has 0 aliphatic heterocycles. The number of nitrogens with zero attached hydrogens (tertiary/aromatic N) is 3. The number of carbonyl (C=O) groups is 3. The topological polar surface area (TPSA) is 135 Å². The Labute approximate surface area is 272 Å². The number of ether oxygens (including phenoxy) is 1. The van der Waals surface area contributed by atoms with Gasteiger partial charge in [0.15, 0.2) is 0 Å². The quantitative estimate of drug-likeness (QED) is 0.161. The van der Waals surface area contributed by atoms with Crippen molar-refractivity contribution in [2.75, 3.05) is 19.0 Å². The van der Waals surface area contributed by atoms with Crippen molar-refractivity contribution in [3.8, 4) is 28.6 Å². The molecule has 0 fully saturated rings. The predicted molar refractivity (Wildman–Crippen MR) is 169 cm³/mol. The van der Waals surface area contributed by atoms with Crippen LogP contribution in [-0.2, 0) is 28.7 Å². The summed E-state index contributed by atoms with van der Waals surface area (Å²) in [5.74, 6) is -1.75. The lowest BCUT2D eigenvalue weighted by atomic mass is 10.0. The van der Waals surface area contributed by atoms with E-state index in [0.29, 0.717) is 22.8 Å². The zero-order chi connectivity index (χ0) is 34.4. The summed E-state index contributed by atoms with van der Waals surface area (Å²) in [5.41, 5.74) is 2.37. The van der Waals surface area contributed by atoms with Gasteiger partial charge in [-0.1, -0.05) is 53.2 Å². The molecular formula is C35H29F3N4O6. The number of aliphatic carboxylic acids is 1. The average Bonchev–Trinajstić information content (AvgIpc) is 3.55. The molecule has 0 saturated carbocycles.